The van der Waals surface area contributed by atoms with Crippen molar-refractivity contribution in [2.75, 3.05) is 27.3 Å². The Balaban J connectivity index is 1.66. The molecule has 1 aromatic heterocycles. The molecule has 19 heavy (non-hydrogen) atoms. The Bertz CT molecular complexity index is 461. The van der Waals surface area contributed by atoms with Gasteiger partial charge in [-0.15, -0.1) is 0 Å². The van der Waals surface area contributed by atoms with Gasteiger partial charge in [-0.3, -0.25) is 4.98 Å². The van der Waals surface area contributed by atoms with Gasteiger partial charge in [0.2, 0.25) is 0 Å². The van der Waals surface area contributed by atoms with Gasteiger partial charge in [-0.05, 0) is 46.0 Å². The Morgan fingerprint density at radius 3 is 2.68 bits per heavy atom. The lowest BCUT2D eigenvalue weighted by Gasteiger charge is -2.52. The second-order valence-electron chi connectivity index (χ2n) is 6.28. The molecule has 0 amide bonds. The average Bonchev–Trinajstić information content (AvgIpc) is 2.21. The minimum Gasteiger partial charge on any atom is -0.488 e. The van der Waals surface area contributed by atoms with Gasteiger partial charge in [-0.25, -0.2) is 0 Å². The second kappa shape index (κ2) is 4.76. The monoisotopic (exact) mass is 262 g/mol. The van der Waals surface area contributed by atoms with E-state index in [0.717, 1.165) is 49.7 Å². The summed E-state index contributed by atoms with van der Waals surface area (Å²) >= 11 is 0. The molecule has 4 heteroatoms. The van der Waals surface area contributed by atoms with Gasteiger partial charge in [0.15, 0.2) is 0 Å². The van der Waals surface area contributed by atoms with Gasteiger partial charge < -0.3 is 14.4 Å². The molecule has 4 nitrogen and oxygen atoms in total. The zero-order valence-corrected chi connectivity index (χ0v) is 12.0. The zero-order chi connectivity index (χ0) is 13.5. The first-order valence-electron chi connectivity index (χ1n) is 6.92. The van der Waals surface area contributed by atoms with E-state index < -0.39 is 0 Å². The number of hydrogen-bond donors (Lipinski definition) is 0. The van der Waals surface area contributed by atoms with E-state index in [1.54, 1.807) is 0 Å². The second-order valence-corrected chi connectivity index (χ2v) is 6.28. The van der Waals surface area contributed by atoms with E-state index in [-0.39, 0.29) is 0 Å². The summed E-state index contributed by atoms with van der Waals surface area (Å²) in [6, 6.07) is 4.08. The van der Waals surface area contributed by atoms with Gasteiger partial charge >= 0.3 is 0 Å². The molecule has 1 saturated carbocycles. The zero-order valence-electron chi connectivity index (χ0n) is 12.0. The molecule has 1 saturated heterocycles. The lowest BCUT2D eigenvalue weighted by molar-refractivity contribution is -0.191. The lowest BCUT2D eigenvalue weighted by Crippen LogP contribution is -2.56. The van der Waals surface area contributed by atoms with Gasteiger partial charge in [-0.1, -0.05) is 0 Å². The Labute approximate surface area is 114 Å². The molecule has 0 atom stereocenters. The van der Waals surface area contributed by atoms with Crippen LogP contribution in [0.1, 0.15) is 24.2 Å². The molecule has 1 aliphatic heterocycles. The minimum absolute atomic E-state index is 0.342. The van der Waals surface area contributed by atoms with Gasteiger partial charge in [0.1, 0.15) is 11.9 Å². The highest BCUT2D eigenvalue weighted by Gasteiger charge is 2.51. The number of nitrogens with zero attached hydrogens (tertiary/aromatic N) is 2. The van der Waals surface area contributed by atoms with Crippen LogP contribution in [0, 0.1) is 12.3 Å². The molecule has 2 aliphatic rings. The van der Waals surface area contributed by atoms with Crippen LogP contribution >= 0.6 is 0 Å². The summed E-state index contributed by atoms with van der Waals surface area (Å²) in [6.07, 6.45) is 2.60. The predicted molar refractivity (Wildman–Crippen MR) is 73.3 cm³/mol. The van der Waals surface area contributed by atoms with Gasteiger partial charge in [-0.2, -0.15) is 0 Å². The van der Waals surface area contributed by atoms with Crippen LogP contribution in [0.5, 0.6) is 5.75 Å². The number of rotatable bonds is 4. The maximum atomic E-state index is 6.12. The first kappa shape index (κ1) is 12.9. The summed E-state index contributed by atoms with van der Waals surface area (Å²) in [5.74, 6) is 0.944. The van der Waals surface area contributed by atoms with E-state index in [1.807, 2.05) is 13.0 Å². The Morgan fingerprint density at radius 1 is 1.37 bits per heavy atom. The van der Waals surface area contributed by atoms with Crippen LogP contribution in [-0.2, 0) is 11.3 Å². The molecule has 0 aromatic carbocycles. The number of pyridine rings is 1. The van der Waals surface area contributed by atoms with Gasteiger partial charge in [0.05, 0.1) is 18.9 Å². The van der Waals surface area contributed by atoms with Crippen LogP contribution in [0.15, 0.2) is 12.1 Å². The molecule has 1 aliphatic carbocycles. The molecule has 0 N–H and O–H groups in total. The minimum atomic E-state index is 0.342. The largest absolute Gasteiger partial charge is 0.488 e. The third-order valence-corrected chi connectivity index (χ3v) is 3.97. The van der Waals surface area contributed by atoms with E-state index in [0.29, 0.717) is 11.5 Å². The van der Waals surface area contributed by atoms with Crippen molar-refractivity contribution < 1.29 is 9.47 Å². The maximum Gasteiger partial charge on any atom is 0.142 e. The molecule has 3 rings (SSSR count). The molecule has 0 radical (unpaired) electrons. The summed E-state index contributed by atoms with van der Waals surface area (Å²) in [7, 11) is 4.11. The smallest absolute Gasteiger partial charge is 0.142 e. The summed E-state index contributed by atoms with van der Waals surface area (Å²) in [5, 5.41) is 0. The topological polar surface area (TPSA) is 34.6 Å². The first-order valence-corrected chi connectivity index (χ1v) is 6.92. The van der Waals surface area contributed by atoms with Crippen molar-refractivity contribution >= 4 is 0 Å². The lowest BCUT2D eigenvalue weighted by atomic mass is 9.65. The molecule has 2 heterocycles. The molecule has 0 bridgehead atoms. The third kappa shape index (κ3) is 2.60. The van der Waals surface area contributed by atoms with Gasteiger partial charge in [0.25, 0.3) is 0 Å². The molecule has 1 spiro atoms. The number of hydrogen-bond acceptors (Lipinski definition) is 4. The van der Waals surface area contributed by atoms with Crippen LogP contribution in [0.25, 0.3) is 0 Å². The highest BCUT2D eigenvalue weighted by Crippen LogP contribution is 2.48. The fourth-order valence-electron chi connectivity index (χ4n) is 2.91. The standard InChI is InChI=1S/C15H22N2O2/c1-11-4-5-14(13(16-11)8-17(2)3)19-12-6-15(7-12)9-18-10-15/h4-5,12H,6-10H2,1-3H3. The predicted octanol–water partition coefficient (Wildman–Crippen LogP) is 2.01. The van der Waals surface area contributed by atoms with Crippen LogP contribution in [0.3, 0.4) is 0 Å². The maximum absolute atomic E-state index is 6.12. The average molecular weight is 262 g/mol. The van der Waals surface area contributed by atoms with Crippen molar-refractivity contribution in [3.05, 3.63) is 23.5 Å². The van der Waals surface area contributed by atoms with Crippen LogP contribution < -0.4 is 4.74 Å². The van der Waals surface area contributed by atoms with Crippen molar-refractivity contribution in [3.8, 4) is 5.75 Å². The first-order chi connectivity index (χ1) is 9.06. The summed E-state index contributed by atoms with van der Waals surface area (Å²) in [6.45, 7) is 4.68. The van der Waals surface area contributed by atoms with Crippen molar-refractivity contribution in [2.24, 2.45) is 5.41 Å². The summed E-state index contributed by atoms with van der Waals surface area (Å²) in [4.78, 5) is 6.73. The SMILES string of the molecule is Cc1ccc(OC2CC3(COC3)C2)c(CN(C)C)n1. The van der Waals surface area contributed by atoms with E-state index in [9.17, 15) is 0 Å². The molecule has 1 aromatic rings. The van der Waals surface area contributed by atoms with Crippen molar-refractivity contribution in [3.63, 3.8) is 0 Å². The molecule has 2 fully saturated rings. The van der Waals surface area contributed by atoms with Gasteiger partial charge in [0, 0.05) is 17.7 Å². The molecular formula is C15H22N2O2. The van der Waals surface area contributed by atoms with E-state index >= 15 is 0 Å². The van der Waals surface area contributed by atoms with Crippen LogP contribution in [-0.4, -0.2) is 43.3 Å². The Kier molecular flexibility index (Phi) is 3.23. The van der Waals surface area contributed by atoms with E-state index in [4.69, 9.17) is 9.47 Å². The normalized spacial score (nSPS) is 21.3. The van der Waals surface area contributed by atoms with Crippen molar-refractivity contribution in [1.82, 2.24) is 9.88 Å². The summed E-state index contributed by atoms with van der Waals surface area (Å²) < 4.78 is 11.4. The Hall–Kier alpha value is -1.13. The number of aryl methyl sites for hydroxylation is 1. The molecular weight excluding hydrogens is 240 g/mol. The highest BCUT2D eigenvalue weighted by atomic mass is 16.5. The molecule has 0 unspecified atom stereocenters. The van der Waals surface area contributed by atoms with E-state index in [1.165, 1.54) is 0 Å². The van der Waals surface area contributed by atoms with Crippen LogP contribution in [0.4, 0.5) is 0 Å². The Morgan fingerprint density at radius 2 is 2.11 bits per heavy atom. The van der Waals surface area contributed by atoms with E-state index in [2.05, 4.69) is 30.0 Å². The highest BCUT2D eigenvalue weighted by molar-refractivity contribution is 5.30. The number of aromatic nitrogens is 1. The quantitative estimate of drug-likeness (QED) is 0.831. The summed E-state index contributed by atoms with van der Waals surface area (Å²) in [5.41, 5.74) is 2.53. The number of ether oxygens (including phenoxy) is 2. The fourth-order valence-corrected chi connectivity index (χ4v) is 2.91. The van der Waals surface area contributed by atoms with Crippen molar-refractivity contribution in [2.45, 2.75) is 32.4 Å². The fraction of sp³-hybridized carbons (Fsp3) is 0.667. The van der Waals surface area contributed by atoms with Crippen LogP contribution in [0.2, 0.25) is 0 Å². The third-order valence-electron chi connectivity index (χ3n) is 3.97. The van der Waals surface area contributed by atoms with Crippen molar-refractivity contribution in [1.29, 1.82) is 0 Å². The molecule has 104 valence electrons.